The average molecular weight is 288 g/mol. The first kappa shape index (κ1) is 16.0. The van der Waals surface area contributed by atoms with Crippen molar-refractivity contribution < 1.29 is 9.21 Å². The number of carbonyl (C=O) groups excluding carboxylic acids is 1. The lowest BCUT2D eigenvalue weighted by Gasteiger charge is -2.31. The second-order valence-corrected chi connectivity index (χ2v) is 4.77. The minimum Gasteiger partial charge on any atom is -0.469 e. The van der Waals surface area contributed by atoms with Crippen molar-refractivity contribution in [3.63, 3.8) is 0 Å². The van der Waals surface area contributed by atoms with Crippen molar-refractivity contribution in [2.45, 2.75) is 25.8 Å². The van der Waals surface area contributed by atoms with E-state index in [-0.39, 0.29) is 24.4 Å². The minimum absolute atomic E-state index is 0. The van der Waals surface area contributed by atoms with E-state index in [1.807, 2.05) is 0 Å². The molecule has 1 aliphatic rings. The number of nitrogens with zero attached hydrogens (tertiary/aromatic N) is 1. The van der Waals surface area contributed by atoms with Crippen LogP contribution >= 0.6 is 12.4 Å². The number of hydrogen-bond acceptors (Lipinski definition) is 4. The van der Waals surface area contributed by atoms with Gasteiger partial charge in [0.1, 0.15) is 5.76 Å². The van der Waals surface area contributed by atoms with Crippen molar-refractivity contribution in [1.29, 1.82) is 0 Å². The summed E-state index contributed by atoms with van der Waals surface area (Å²) in [5, 5.41) is 3.07. The molecule has 1 aliphatic heterocycles. The van der Waals surface area contributed by atoms with E-state index in [4.69, 9.17) is 10.2 Å². The maximum atomic E-state index is 12.0. The molecule has 0 bridgehead atoms. The number of hydrogen-bond donors (Lipinski definition) is 2. The molecule has 1 aromatic heterocycles. The number of nitrogens with two attached hydrogens (primary N) is 1. The average Bonchev–Trinajstić information content (AvgIpc) is 2.78. The molecule has 1 fully saturated rings. The van der Waals surface area contributed by atoms with Crippen LogP contribution in [0.2, 0.25) is 0 Å². The number of aryl methyl sites for hydroxylation is 1. The molecule has 3 N–H and O–H groups in total. The van der Waals surface area contributed by atoms with Gasteiger partial charge in [0, 0.05) is 32.2 Å². The zero-order valence-electron chi connectivity index (χ0n) is 11.2. The molecule has 0 aromatic carbocycles. The van der Waals surface area contributed by atoms with Gasteiger partial charge in [-0.3, -0.25) is 4.79 Å². The Kier molecular flexibility index (Phi) is 6.34. The molecular weight excluding hydrogens is 266 g/mol. The van der Waals surface area contributed by atoms with Gasteiger partial charge in [0.05, 0.1) is 11.8 Å². The first-order valence-corrected chi connectivity index (χ1v) is 6.48. The number of carbonyl (C=O) groups is 1. The Balaban J connectivity index is 0.00000180. The Morgan fingerprint density at radius 3 is 2.74 bits per heavy atom. The van der Waals surface area contributed by atoms with Crippen LogP contribution in [0, 0.1) is 6.92 Å². The molecule has 1 aromatic rings. The molecule has 0 radical (unpaired) electrons. The lowest BCUT2D eigenvalue weighted by Crippen LogP contribution is -2.45. The van der Waals surface area contributed by atoms with E-state index in [1.165, 1.54) is 0 Å². The zero-order valence-corrected chi connectivity index (χ0v) is 12.0. The lowest BCUT2D eigenvalue weighted by atomic mass is 10.0. The predicted molar refractivity (Wildman–Crippen MR) is 76.7 cm³/mol. The van der Waals surface area contributed by atoms with Crippen LogP contribution in [0.25, 0.3) is 0 Å². The first-order chi connectivity index (χ1) is 8.70. The molecule has 108 valence electrons. The number of amides is 1. The second-order valence-electron chi connectivity index (χ2n) is 4.77. The third-order valence-electron chi connectivity index (χ3n) is 3.47. The summed E-state index contributed by atoms with van der Waals surface area (Å²) >= 11 is 0. The van der Waals surface area contributed by atoms with Gasteiger partial charge in [0.2, 0.25) is 0 Å². The predicted octanol–water partition coefficient (Wildman–Crippen LogP) is 1.16. The van der Waals surface area contributed by atoms with Crippen molar-refractivity contribution in [2.24, 2.45) is 5.73 Å². The summed E-state index contributed by atoms with van der Waals surface area (Å²) in [5.74, 6) is 0.645. The fraction of sp³-hybridized carbons (Fsp3) is 0.615. The Morgan fingerprint density at radius 1 is 1.53 bits per heavy atom. The van der Waals surface area contributed by atoms with E-state index in [9.17, 15) is 4.79 Å². The first-order valence-electron chi connectivity index (χ1n) is 6.48. The standard InChI is InChI=1S/C13H21N3O2.ClH/c1-10-12(4-9-18-10)13(17)15-11-2-6-16(7-3-11)8-5-14;/h4,9,11H,2-3,5-8,14H2,1H3,(H,15,17);1H. The normalized spacial score (nSPS) is 16.9. The molecule has 0 saturated carbocycles. The van der Waals surface area contributed by atoms with Crippen molar-refractivity contribution in [1.82, 2.24) is 10.2 Å². The summed E-state index contributed by atoms with van der Waals surface area (Å²) in [7, 11) is 0. The third kappa shape index (κ3) is 4.23. The van der Waals surface area contributed by atoms with Crippen LogP contribution in [-0.4, -0.2) is 43.0 Å². The van der Waals surface area contributed by atoms with Crippen LogP contribution in [-0.2, 0) is 0 Å². The van der Waals surface area contributed by atoms with Crippen LogP contribution in [0.3, 0.4) is 0 Å². The van der Waals surface area contributed by atoms with Crippen LogP contribution in [0.1, 0.15) is 29.0 Å². The molecule has 0 spiro atoms. The van der Waals surface area contributed by atoms with Gasteiger partial charge in [0.15, 0.2) is 0 Å². The largest absolute Gasteiger partial charge is 0.469 e. The summed E-state index contributed by atoms with van der Waals surface area (Å²) in [5.41, 5.74) is 6.17. The fourth-order valence-corrected chi connectivity index (χ4v) is 2.37. The van der Waals surface area contributed by atoms with Gasteiger partial charge in [-0.15, -0.1) is 12.4 Å². The van der Waals surface area contributed by atoms with Gasteiger partial charge < -0.3 is 20.4 Å². The highest BCUT2D eigenvalue weighted by molar-refractivity contribution is 5.95. The second kappa shape index (κ2) is 7.53. The zero-order chi connectivity index (χ0) is 13.0. The van der Waals surface area contributed by atoms with E-state index in [1.54, 1.807) is 19.3 Å². The Labute approximate surface area is 119 Å². The molecule has 1 saturated heterocycles. The molecule has 5 nitrogen and oxygen atoms in total. The highest BCUT2D eigenvalue weighted by Gasteiger charge is 2.21. The summed E-state index contributed by atoms with van der Waals surface area (Å²) in [6, 6.07) is 1.98. The lowest BCUT2D eigenvalue weighted by molar-refractivity contribution is 0.0910. The highest BCUT2D eigenvalue weighted by Crippen LogP contribution is 2.13. The maximum absolute atomic E-state index is 12.0. The van der Waals surface area contributed by atoms with E-state index < -0.39 is 0 Å². The number of furan rings is 1. The van der Waals surface area contributed by atoms with Crippen molar-refractivity contribution in [2.75, 3.05) is 26.2 Å². The molecule has 2 rings (SSSR count). The number of nitrogens with one attached hydrogen (secondary N) is 1. The quantitative estimate of drug-likeness (QED) is 0.872. The molecule has 19 heavy (non-hydrogen) atoms. The van der Waals surface area contributed by atoms with Gasteiger partial charge in [-0.1, -0.05) is 0 Å². The van der Waals surface area contributed by atoms with E-state index >= 15 is 0 Å². The molecule has 2 heterocycles. The number of piperidine rings is 1. The summed E-state index contributed by atoms with van der Waals surface area (Å²) < 4.78 is 5.14. The van der Waals surface area contributed by atoms with Crippen molar-refractivity contribution in [3.05, 3.63) is 23.7 Å². The van der Waals surface area contributed by atoms with Gasteiger partial charge in [-0.2, -0.15) is 0 Å². The Morgan fingerprint density at radius 2 is 2.21 bits per heavy atom. The number of likely N-dealkylation sites (tertiary alicyclic amines) is 1. The maximum Gasteiger partial charge on any atom is 0.255 e. The highest BCUT2D eigenvalue weighted by atomic mass is 35.5. The SMILES string of the molecule is Cc1occc1C(=O)NC1CCN(CCN)CC1.Cl. The Bertz CT molecular complexity index is 400. The van der Waals surface area contributed by atoms with Gasteiger partial charge in [0.25, 0.3) is 5.91 Å². The molecule has 6 heteroatoms. The van der Waals surface area contributed by atoms with Crippen LogP contribution in [0.5, 0.6) is 0 Å². The molecular formula is C13H22ClN3O2. The van der Waals surface area contributed by atoms with E-state index in [2.05, 4.69) is 10.2 Å². The fourth-order valence-electron chi connectivity index (χ4n) is 2.37. The smallest absolute Gasteiger partial charge is 0.255 e. The summed E-state index contributed by atoms with van der Waals surface area (Å²) in [4.78, 5) is 14.3. The van der Waals surface area contributed by atoms with Crippen LogP contribution in [0.15, 0.2) is 16.7 Å². The molecule has 0 atom stereocenters. The molecule has 0 aliphatic carbocycles. The molecule has 0 unspecified atom stereocenters. The monoisotopic (exact) mass is 287 g/mol. The van der Waals surface area contributed by atoms with Crippen LogP contribution < -0.4 is 11.1 Å². The van der Waals surface area contributed by atoms with E-state index in [0.29, 0.717) is 17.9 Å². The number of rotatable bonds is 4. The molecule has 1 amide bonds. The minimum atomic E-state index is -0.0291. The van der Waals surface area contributed by atoms with Crippen molar-refractivity contribution >= 4 is 18.3 Å². The van der Waals surface area contributed by atoms with Gasteiger partial charge in [-0.05, 0) is 25.8 Å². The van der Waals surface area contributed by atoms with Gasteiger partial charge in [-0.25, -0.2) is 0 Å². The third-order valence-corrected chi connectivity index (χ3v) is 3.47. The van der Waals surface area contributed by atoms with E-state index in [0.717, 1.165) is 32.5 Å². The number of halogens is 1. The van der Waals surface area contributed by atoms with Crippen molar-refractivity contribution in [3.8, 4) is 0 Å². The summed E-state index contributed by atoms with van der Waals surface area (Å²) in [6.07, 6.45) is 3.53. The topological polar surface area (TPSA) is 71.5 Å². The van der Waals surface area contributed by atoms with Crippen LogP contribution in [0.4, 0.5) is 0 Å². The Hall–Kier alpha value is -1.04. The van der Waals surface area contributed by atoms with Gasteiger partial charge >= 0.3 is 0 Å². The summed E-state index contributed by atoms with van der Waals surface area (Å²) in [6.45, 7) is 5.46.